The molecule has 10 heteroatoms. The van der Waals surface area contributed by atoms with Gasteiger partial charge in [-0.05, 0) is 55.7 Å². The number of thioether (sulfide) groups is 1. The Kier molecular flexibility index (Phi) is 8.71. The molecule has 1 unspecified atom stereocenters. The monoisotopic (exact) mass is 531 g/mol. The van der Waals surface area contributed by atoms with Crippen LogP contribution in [0.2, 0.25) is 0 Å². The summed E-state index contributed by atoms with van der Waals surface area (Å²) in [6, 6.07) is 12.6. The number of rotatable bonds is 11. The maximum absolute atomic E-state index is 13.1. The summed E-state index contributed by atoms with van der Waals surface area (Å²) in [6.07, 6.45) is 2.15. The molecule has 1 atom stereocenters. The number of fused-ring (bicyclic) bond motifs is 1. The molecule has 1 saturated heterocycles. The fourth-order valence-electron chi connectivity index (χ4n) is 4.34. The van der Waals surface area contributed by atoms with Gasteiger partial charge in [0.15, 0.2) is 5.16 Å². The molecular weight excluding hydrogens is 498 g/mol. The van der Waals surface area contributed by atoms with Crippen molar-refractivity contribution in [2.45, 2.75) is 62.1 Å². The minimum atomic E-state index is -3.57. The van der Waals surface area contributed by atoms with E-state index in [1.54, 1.807) is 43.0 Å². The molecule has 1 fully saturated rings. The van der Waals surface area contributed by atoms with E-state index in [-0.39, 0.29) is 17.0 Å². The Hall–Kier alpha value is -2.40. The number of carbonyl (C=O) groups is 1. The van der Waals surface area contributed by atoms with Crippen LogP contribution in [0.5, 0.6) is 0 Å². The molecule has 4 rings (SSSR count). The van der Waals surface area contributed by atoms with Crippen LogP contribution in [0.1, 0.15) is 49.5 Å². The summed E-state index contributed by atoms with van der Waals surface area (Å²) in [5.74, 6) is 0.327. The zero-order valence-electron chi connectivity index (χ0n) is 21.0. The van der Waals surface area contributed by atoms with Crippen molar-refractivity contribution < 1.29 is 22.7 Å². The molecule has 0 radical (unpaired) electrons. The lowest BCUT2D eigenvalue weighted by atomic mass is 10.1. The SMILES string of the molecule is CCOC(=O)c1ccc(CSc2nc3cc(S(=O)(=O)N(CC)CC)ccc3n2CC2CCCO2)cc1. The largest absolute Gasteiger partial charge is 0.462 e. The number of nitrogens with zero attached hydrogens (tertiary/aromatic N) is 3. The van der Waals surface area contributed by atoms with Crippen LogP contribution < -0.4 is 0 Å². The van der Waals surface area contributed by atoms with Crippen molar-refractivity contribution in [1.82, 2.24) is 13.9 Å². The number of hydrogen-bond donors (Lipinski definition) is 0. The van der Waals surface area contributed by atoms with Gasteiger partial charge in [-0.3, -0.25) is 0 Å². The maximum Gasteiger partial charge on any atom is 0.338 e. The van der Waals surface area contributed by atoms with Crippen LogP contribution in [-0.2, 0) is 31.8 Å². The molecule has 3 aromatic rings. The van der Waals surface area contributed by atoms with Gasteiger partial charge in [0.2, 0.25) is 10.0 Å². The van der Waals surface area contributed by atoms with Crippen LogP contribution >= 0.6 is 11.8 Å². The van der Waals surface area contributed by atoms with Crippen molar-refractivity contribution in [2.75, 3.05) is 26.3 Å². The number of ether oxygens (including phenoxy) is 2. The van der Waals surface area contributed by atoms with Gasteiger partial charge in [-0.15, -0.1) is 0 Å². The molecule has 0 amide bonds. The van der Waals surface area contributed by atoms with Crippen molar-refractivity contribution in [2.24, 2.45) is 0 Å². The van der Waals surface area contributed by atoms with E-state index in [0.29, 0.717) is 43.1 Å². The second-order valence-corrected chi connectivity index (χ2v) is 11.5. The average Bonchev–Trinajstić information content (AvgIpc) is 3.51. The van der Waals surface area contributed by atoms with Gasteiger partial charge >= 0.3 is 5.97 Å². The molecule has 2 heterocycles. The Morgan fingerprint density at radius 2 is 1.92 bits per heavy atom. The molecule has 8 nitrogen and oxygen atoms in total. The number of esters is 1. The van der Waals surface area contributed by atoms with E-state index in [1.165, 1.54) is 4.31 Å². The van der Waals surface area contributed by atoms with Crippen LogP contribution in [0.3, 0.4) is 0 Å². The third-order valence-corrected chi connectivity index (χ3v) is 9.36. The summed E-state index contributed by atoms with van der Waals surface area (Å²) in [4.78, 5) is 17.0. The average molecular weight is 532 g/mol. The van der Waals surface area contributed by atoms with E-state index in [2.05, 4.69) is 4.57 Å². The van der Waals surface area contributed by atoms with Gasteiger partial charge in [-0.2, -0.15) is 4.31 Å². The van der Waals surface area contributed by atoms with E-state index in [1.807, 2.05) is 32.0 Å². The normalized spacial score (nSPS) is 16.2. The minimum absolute atomic E-state index is 0.115. The standard InChI is InChI=1S/C26H33N3O5S2/c1-4-28(5-2)36(31,32)22-13-14-24-23(16-22)27-26(29(24)17-21-8-7-15-34-21)35-18-19-9-11-20(12-10-19)25(30)33-6-3/h9-14,16,21H,4-8,15,17-18H2,1-3H3. The third kappa shape index (κ3) is 5.77. The Morgan fingerprint density at radius 3 is 2.56 bits per heavy atom. The number of sulfonamides is 1. The summed E-state index contributed by atoms with van der Waals surface area (Å²) < 4.78 is 40.7. The predicted molar refractivity (Wildman–Crippen MR) is 141 cm³/mol. The lowest BCUT2D eigenvalue weighted by Crippen LogP contribution is -2.30. The summed E-state index contributed by atoms with van der Waals surface area (Å²) in [5, 5.41) is 0.812. The maximum atomic E-state index is 13.1. The van der Waals surface area contributed by atoms with Crippen molar-refractivity contribution in [1.29, 1.82) is 0 Å². The molecule has 1 aliphatic heterocycles. The molecule has 194 valence electrons. The van der Waals surface area contributed by atoms with Gasteiger partial charge < -0.3 is 14.0 Å². The molecule has 1 aliphatic rings. The minimum Gasteiger partial charge on any atom is -0.462 e. The molecule has 0 saturated carbocycles. The molecular formula is C26H33N3O5S2. The lowest BCUT2D eigenvalue weighted by Gasteiger charge is -2.18. The summed E-state index contributed by atoms with van der Waals surface area (Å²) in [6.45, 7) is 8.07. The van der Waals surface area contributed by atoms with Crippen molar-refractivity contribution in [3.05, 3.63) is 53.6 Å². The van der Waals surface area contributed by atoms with Gasteiger partial charge in [0.1, 0.15) is 0 Å². The second-order valence-electron chi connectivity index (χ2n) is 8.59. The fraction of sp³-hybridized carbons (Fsp3) is 0.462. The Bertz CT molecular complexity index is 1300. The van der Waals surface area contributed by atoms with Gasteiger partial charge in [-0.25, -0.2) is 18.2 Å². The zero-order valence-corrected chi connectivity index (χ0v) is 22.6. The van der Waals surface area contributed by atoms with E-state index in [0.717, 1.165) is 35.7 Å². The first kappa shape index (κ1) is 26.7. The van der Waals surface area contributed by atoms with Gasteiger partial charge in [0.25, 0.3) is 0 Å². The number of carbonyl (C=O) groups excluding carboxylic acids is 1. The molecule has 36 heavy (non-hydrogen) atoms. The van der Waals surface area contributed by atoms with Crippen LogP contribution in [0.4, 0.5) is 0 Å². The molecule has 1 aromatic heterocycles. The summed E-state index contributed by atoms with van der Waals surface area (Å²) in [5.41, 5.74) is 3.12. The Labute approximate surface area is 217 Å². The molecule has 2 aromatic carbocycles. The zero-order chi connectivity index (χ0) is 25.7. The van der Waals surface area contributed by atoms with Gasteiger partial charge in [0, 0.05) is 25.4 Å². The third-order valence-electron chi connectivity index (χ3n) is 6.27. The Morgan fingerprint density at radius 1 is 1.17 bits per heavy atom. The smallest absolute Gasteiger partial charge is 0.338 e. The first-order valence-electron chi connectivity index (χ1n) is 12.4. The Balaban J connectivity index is 1.62. The lowest BCUT2D eigenvalue weighted by molar-refractivity contribution is 0.0526. The first-order valence-corrected chi connectivity index (χ1v) is 14.8. The van der Waals surface area contributed by atoms with E-state index in [4.69, 9.17) is 14.5 Å². The van der Waals surface area contributed by atoms with Crippen molar-refractivity contribution in [3.8, 4) is 0 Å². The first-order chi connectivity index (χ1) is 17.4. The highest BCUT2D eigenvalue weighted by molar-refractivity contribution is 7.98. The van der Waals surface area contributed by atoms with Crippen molar-refractivity contribution >= 4 is 38.8 Å². The van der Waals surface area contributed by atoms with Crippen LogP contribution in [-0.4, -0.2) is 60.7 Å². The molecule has 0 N–H and O–H groups in total. The van der Waals surface area contributed by atoms with E-state index >= 15 is 0 Å². The highest BCUT2D eigenvalue weighted by Crippen LogP contribution is 2.30. The second kappa shape index (κ2) is 11.8. The van der Waals surface area contributed by atoms with Gasteiger partial charge in [-0.1, -0.05) is 37.7 Å². The molecule has 0 spiro atoms. The van der Waals surface area contributed by atoms with Crippen molar-refractivity contribution in [3.63, 3.8) is 0 Å². The summed E-state index contributed by atoms with van der Waals surface area (Å²) >= 11 is 1.58. The number of imidazole rings is 1. The molecule has 0 aliphatic carbocycles. The summed E-state index contributed by atoms with van der Waals surface area (Å²) in [7, 11) is -3.57. The highest BCUT2D eigenvalue weighted by Gasteiger charge is 2.24. The van der Waals surface area contributed by atoms with Gasteiger partial charge in [0.05, 0.1) is 40.7 Å². The number of aromatic nitrogens is 2. The molecule has 0 bridgehead atoms. The fourth-order valence-corrected chi connectivity index (χ4v) is 6.80. The number of benzene rings is 2. The number of hydrogen-bond acceptors (Lipinski definition) is 7. The van der Waals surface area contributed by atoms with Crippen LogP contribution in [0.25, 0.3) is 11.0 Å². The van der Waals surface area contributed by atoms with Crippen LogP contribution in [0, 0.1) is 0 Å². The topological polar surface area (TPSA) is 90.7 Å². The van der Waals surface area contributed by atoms with E-state index in [9.17, 15) is 13.2 Å². The van der Waals surface area contributed by atoms with Crippen LogP contribution in [0.15, 0.2) is 52.5 Å². The van der Waals surface area contributed by atoms with E-state index < -0.39 is 10.0 Å². The quantitative estimate of drug-likeness (QED) is 0.261. The highest BCUT2D eigenvalue weighted by atomic mass is 32.2. The predicted octanol–water partition coefficient (Wildman–Crippen LogP) is 4.71.